The molecule has 1 atom stereocenters. The van der Waals surface area contributed by atoms with E-state index in [1.54, 1.807) is 4.68 Å². The third kappa shape index (κ3) is 2.71. The van der Waals surface area contributed by atoms with Gasteiger partial charge in [-0.3, -0.25) is 4.68 Å². The lowest BCUT2D eigenvalue weighted by Crippen LogP contribution is -2.15. The number of aliphatic hydroxyl groups is 1. The molecule has 1 heterocycles. The number of rotatable bonds is 4. The van der Waals surface area contributed by atoms with Gasteiger partial charge in [-0.1, -0.05) is 17.7 Å². The molecule has 0 aliphatic heterocycles. The molecule has 0 saturated carbocycles. The predicted molar refractivity (Wildman–Crippen MR) is 72.6 cm³/mol. The van der Waals surface area contributed by atoms with E-state index in [0.29, 0.717) is 0 Å². The molecule has 2 aromatic rings. The van der Waals surface area contributed by atoms with Gasteiger partial charge in [0.05, 0.1) is 18.3 Å². The molecule has 2 N–H and O–H groups in total. The molecule has 96 valence electrons. The van der Waals surface area contributed by atoms with E-state index in [0.717, 1.165) is 16.9 Å². The van der Waals surface area contributed by atoms with E-state index in [1.165, 1.54) is 5.56 Å². The first kappa shape index (κ1) is 12.6. The van der Waals surface area contributed by atoms with Crippen LogP contribution in [0.25, 0.3) is 0 Å². The third-order valence-corrected chi connectivity index (χ3v) is 3.00. The second kappa shape index (κ2) is 5.23. The molecule has 0 aliphatic carbocycles. The van der Waals surface area contributed by atoms with E-state index < -0.39 is 0 Å². The fraction of sp³-hybridized carbons (Fsp3) is 0.357. The Morgan fingerprint density at radius 3 is 2.44 bits per heavy atom. The van der Waals surface area contributed by atoms with Gasteiger partial charge in [-0.15, -0.1) is 0 Å². The summed E-state index contributed by atoms with van der Waals surface area (Å²) < 4.78 is 1.77. The third-order valence-electron chi connectivity index (χ3n) is 3.00. The van der Waals surface area contributed by atoms with E-state index in [-0.39, 0.29) is 12.6 Å². The molecule has 0 saturated heterocycles. The van der Waals surface area contributed by atoms with Crippen LogP contribution in [-0.2, 0) is 7.05 Å². The fourth-order valence-corrected chi connectivity index (χ4v) is 2.03. The molecule has 0 fully saturated rings. The van der Waals surface area contributed by atoms with Crippen LogP contribution in [0.2, 0.25) is 0 Å². The van der Waals surface area contributed by atoms with Crippen LogP contribution in [0.3, 0.4) is 0 Å². The lowest BCUT2D eigenvalue weighted by molar-refractivity contribution is 0.276. The zero-order valence-corrected chi connectivity index (χ0v) is 11.0. The van der Waals surface area contributed by atoms with Crippen LogP contribution < -0.4 is 5.32 Å². The summed E-state index contributed by atoms with van der Waals surface area (Å²) in [5, 5.41) is 17.2. The Hall–Kier alpha value is -1.81. The summed E-state index contributed by atoms with van der Waals surface area (Å²) in [6.45, 7) is 4.05. The highest BCUT2D eigenvalue weighted by Crippen LogP contribution is 2.21. The molecule has 4 heteroatoms. The average molecular weight is 245 g/mol. The number of aromatic nitrogens is 2. The van der Waals surface area contributed by atoms with Crippen molar-refractivity contribution in [2.24, 2.45) is 7.05 Å². The zero-order valence-electron chi connectivity index (χ0n) is 11.0. The van der Waals surface area contributed by atoms with Gasteiger partial charge in [0.1, 0.15) is 0 Å². The summed E-state index contributed by atoms with van der Waals surface area (Å²) in [5.74, 6) is 0. The largest absolute Gasteiger partial charge is 0.394 e. The van der Waals surface area contributed by atoms with Gasteiger partial charge in [-0.05, 0) is 26.0 Å². The monoisotopic (exact) mass is 245 g/mol. The number of benzene rings is 1. The first-order chi connectivity index (χ1) is 8.60. The summed E-state index contributed by atoms with van der Waals surface area (Å²) in [6, 6.07) is 8.01. The van der Waals surface area contributed by atoms with Gasteiger partial charge in [0.25, 0.3) is 0 Å². The molecule has 0 amide bonds. The Morgan fingerprint density at radius 1 is 1.28 bits per heavy atom. The summed E-state index contributed by atoms with van der Waals surface area (Å²) in [4.78, 5) is 0. The molecule has 4 nitrogen and oxygen atoms in total. The standard InChI is InChI=1S/C14H19N3O/c1-10-4-6-12(7-5-10)15-14(9-18)13-8-17(3)16-11(13)2/h4-8,14-15,18H,9H2,1-3H3. The van der Waals surface area contributed by atoms with Gasteiger partial charge in [0.15, 0.2) is 0 Å². The molecule has 18 heavy (non-hydrogen) atoms. The molecular weight excluding hydrogens is 226 g/mol. The molecule has 1 unspecified atom stereocenters. The number of nitrogens with one attached hydrogen (secondary N) is 1. The highest BCUT2D eigenvalue weighted by molar-refractivity contribution is 5.47. The van der Waals surface area contributed by atoms with Gasteiger partial charge in [0.2, 0.25) is 0 Å². The normalized spacial score (nSPS) is 12.4. The van der Waals surface area contributed by atoms with E-state index >= 15 is 0 Å². The van der Waals surface area contributed by atoms with E-state index in [2.05, 4.69) is 17.3 Å². The molecule has 0 bridgehead atoms. The van der Waals surface area contributed by atoms with Crippen molar-refractivity contribution in [2.75, 3.05) is 11.9 Å². The van der Waals surface area contributed by atoms with Crippen LogP contribution in [0.5, 0.6) is 0 Å². The SMILES string of the molecule is Cc1ccc(NC(CO)c2cn(C)nc2C)cc1. The molecular formula is C14H19N3O. The van der Waals surface area contributed by atoms with Gasteiger partial charge >= 0.3 is 0 Å². The first-order valence-corrected chi connectivity index (χ1v) is 6.04. The lowest BCUT2D eigenvalue weighted by Gasteiger charge is -2.17. The Balaban J connectivity index is 2.19. The Morgan fingerprint density at radius 2 is 1.94 bits per heavy atom. The number of hydrogen-bond acceptors (Lipinski definition) is 3. The molecule has 1 aromatic carbocycles. The van der Waals surface area contributed by atoms with Crippen molar-refractivity contribution in [3.8, 4) is 0 Å². The zero-order chi connectivity index (χ0) is 13.1. The van der Waals surface area contributed by atoms with Crippen molar-refractivity contribution in [1.29, 1.82) is 0 Å². The molecule has 0 aliphatic rings. The number of aryl methyl sites for hydroxylation is 3. The van der Waals surface area contributed by atoms with Crippen molar-refractivity contribution in [3.63, 3.8) is 0 Å². The second-order valence-corrected chi connectivity index (χ2v) is 4.59. The highest BCUT2D eigenvalue weighted by Gasteiger charge is 2.15. The molecule has 0 spiro atoms. The quantitative estimate of drug-likeness (QED) is 0.868. The summed E-state index contributed by atoms with van der Waals surface area (Å²) >= 11 is 0. The smallest absolute Gasteiger partial charge is 0.0778 e. The van der Waals surface area contributed by atoms with E-state index in [1.807, 2.05) is 44.4 Å². The van der Waals surface area contributed by atoms with Crippen LogP contribution in [-0.4, -0.2) is 21.5 Å². The van der Waals surface area contributed by atoms with Crippen molar-refractivity contribution >= 4 is 5.69 Å². The van der Waals surface area contributed by atoms with Crippen molar-refractivity contribution in [2.45, 2.75) is 19.9 Å². The topological polar surface area (TPSA) is 50.1 Å². The Labute approximate surface area is 107 Å². The predicted octanol–water partition coefficient (Wildman–Crippen LogP) is 2.18. The van der Waals surface area contributed by atoms with Crippen molar-refractivity contribution < 1.29 is 5.11 Å². The van der Waals surface area contributed by atoms with Gasteiger partial charge < -0.3 is 10.4 Å². The van der Waals surface area contributed by atoms with Crippen LogP contribution in [0.1, 0.15) is 22.9 Å². The van der Waals surface area contributed by atoms with Gasteiger partial charge in [0, 0.05) is 24.5 Å². The van der Waals surface area contributed by atoms with Gasteiger partial charge in [-0.25, -0.2) is 0 Å². The Bertz CT molecular complexity index is 516. The van der Waals surface area contributed by atoms with E-state index in [4.69, 9.17) is 0 Å². The van der Waals surface area contributed by atoms with Crippen LogP contribution in [0.15, 0.2) is 30.5 Å². The molecule has 1 aromatic heterocycles. The number of aliphatic hydroxyl groups excluding tert-OH is 1. The summed E-state index contributed by atoms with van der Waals surface area (Å²) in [5.41, 5.74) is 4.19. The van der Waals surface area contributed by atoms with Crippen LogP contribution in [0.4, 0.5) is 5.69 Å². The maximum atomic E-state index is 9.53. The molecule has 2 rings (SSSR count). The molecule has 0 radical (unpaired) electrons. The van der Waals surface area contributed by atoms with Crippen molar-refractivity contribution in [1.82, 2.24) is 9.78 Å². The first-order valence-electron chi connectivity index (χ1n) is 6.04. The summed E-state index contributed by atoms with van der Waals surface area (Å²) in [6.07, 6.45) is 1.94. The van der Waals surface area contributed by atoms with Crippen LogP contribution >= 0.6 is 0 Å². The van der Waals surface area contributed by atoms with E-state index in [9.17, 15) is 5.11 Å². The Kier molecular flexibility index (Phi) is 3.67. The minimum atomic E-state index is -0.124. The van der Waals surface area contributed by atoms with Crippen LogP contribution in [0, 0.1) is 13.8 Å². The number of anilines is 1. The minimum absolute atomic E-state index is 0.0421. The highest BCUT2D eigenvalue weighted by atomic mass is 16.3. The number of nitrogens with zero attached hydrogens (tertiary/aromatic N) is 2. The van der Waals surface area contributed by atoms with Crippen molar-refractivity contribution in [3.05, 3.63) is 47.3 Å². The lowest BCUT2D eigenvalue weighted by atomic mass is 10.1. The average Bonchev–Trinajstić information content (AvgIpc) is 2.68. The maximum Gasteiger partial charge on any atom is 0.0778 e. The summed E-state index contributed by atoms with van der Waals surface area (Å²) in [7, 11) is 1.89. The minimum Gasteiger partial charge on any atom is -0.394 e. The fourth-order valence-electron chi connectivity index (χ4n) is 2.03. The maximum absolute atomic E-state index is 9.53. The second-order valence-electron chi connectivity index (χ2n) is 4.59. The van der Waals surface area contributed by atoms with Gasteiger partial charge in [-0.2, -0.15) is 5.10 Å². The number of hydrogen-bond donors (Lipinski definition) is 2.